The van der Waals surface area contributed by atoms with E-state index in [9.17, 15) is 4.79 Å². The van der Waals surface area contributed by atoms with E-state index in [0.29, 0.717) is 0 Å². The van der Waals surface area contributed by atoms with E-state index in [1.807, 2.05) is 4.90 Å². The van der Waals surface area contributed by atoms with Crippen LogP contribution in [0.1, 0.15) is 36.8 Å². The molecule has 0 saturated heterocycles. The summed E-state index contributed by atoms with van der Waals surface area (Å²) in [5, 5.41) is 5.07. The predicted octanol–water partition coefficient (Wildman–Crippen LogP) is 2.79. The van der Waals surface area contributed by atoms with Crippen LogP contribution in [-0.4, -0.2) is 24.0 Å². The number of rotatable bonds is 2. The highest BCUT2D eigenvalue weighted by Crippen LogP contribution is 2.32. The molecule has 2 rings (SSSR count). The monoisotopic (exact) mass is 238 g/mol. The normalized spacial score (nSPS) is 19.4. The zero-order valence-electron chi connectivity index (χ0n) is 9.82. The Kier molecular flexibility index (Phi) is 3.49. The van der Waals surface area contributed by atoms with Gasteiger partial charge in [0.15, 0.2) is 0 Å². The van der Waals surface area contributed by atoms with Crippen molar-refractivity contribution in [1.29, 1.82) is 0 Å². The molecule has 1 aromatic rings. The zero-order chi connectivity index (χ0) is 11.5. The molecular weight excluding hydrogens is 220 g/mol. The number of amides is 2. The van der Waals surface area contributed by atoms with E-state index in [2.05, 4.69) is 30.6 Å². The molecule has 1 N–H and O–H groups in total. The van der Waals surface area contributed by atoms with Gasteiger partial charge >= 0.3 is 6.03 Å². The molecule has 88 valence electrons. The molecule has 0 aliphatic carbocycles. The van der Waals surface area contributed by atoms with Gasteiger partial charge in [-0.25, -0.2) is 4.79 Å². The Balaban J connectivity index is 2.06. The lowest BCUT2D eigenvalue weighted by Crippen LogP contribution is -2.44. The summed E-state index contributed by atoms with van der Waals surface area (Å²) in [5.74, 6) is 0. The Morgan fingerprint density at radius 3 is 3.25 bits per heavy atom. The lowest BCUT2D eigenvalue weighted by molar-refractivity contribution is 0.175. The van der Waals surface area contributed by atoms with Gasteiger partial charge in [0, 0.05) is 18.0 Å². The van der Waals surface area contributed by atoms with Crippen molar-refractivity contribution in [3.05, 3.63) is 21.9 Å². The molecule has 0 spiro atoms. The Labute approximate surface area is 100 Å². The summed E-state index contributed by atoms with van der Waals surface area (Å²) >= 11 is 1.80. The van der Waals surface area contributed by atoms with E-state index in [1.165, 1.54) is 10.4 Å². The zero-order valence-corrected chi connectivity index (χ0v) is 10.6. The van der Waals surface area contributed by atoms with Crippen molar-refractivity contribution in [3.63, 3.8) is 0 Å². The van der Waals surface area contributed by atoms with Crippen molar-refractivity contribution in [2.75, 3.05) is 13.1 Å². The number of urea groups is 1. The molecule has 1 atom stereocenters. The van der Waals surface area contributed by atoms with Gasteiger partial charge in [0.25, 0.3) is 0 Å². The maximum Gasteiger partial charge on any atom is 0.317 e. The summed E-state index contributed by atoms with van der Waals surface area (Å²) in [6.45, 7) is 5.77. The highest BCUT2D eigenvalue weighted by molar-refractivity contribution is 7.10. The van der Waals surface area contributed by atoms with Crippen LogP contribution in [0.3, 0.4) is 0 Å². The van der Waals surface area contributed by atoms with Crippen LogP contribution in [0.25, 0.3) is 0 Å². The summed E-state index contributed by atoms with van der Waals surface area (Å²) in [6, 6.07) is 2.43. The number of nitrogens with zero attached hydrogens (tertiary/aromatic N) is 1. The lowest BCUT2D eigenvalue weighted by atomic mass is 10.0. The topological polar surface area (TPSA) is 32.3 Å². The number of hydrogen-bond donors (Lipinski definition) is 1. The molecular formula is C12H18N2OS. The summed E-state index contributed by atoms with van der Waals surface area (Å²) in [5.41, 5.74) is 1.32. The van der Waals surface area contributed by atoms with Gasteiger partial charge in [0.1, 0.15) is 0 Å². The van der Waals surface area contributed by atoms with Crippen molar-refractivity contribution in [3.8, 4) is 0 Å². The molecule has 1 aliphatic rings. The Hall–Kier alpha value is -1.03. The molecule has 2 amide bonds. The lowest BCUT2D eigenvalue weighted by Gasteiger charge is -2.33. The minimum atomic E-state index is 0.0752. The van der Waals surface area contributed by atoms with Gasteiger partial charge in [-0.3, -0.25) is 0 Å². The molecule has 16 heavy (non-hydrogen) atoms. The van der Waals surface area contributed by atoms with Gasteiger partial charge in [-0.15, -0.1) is 11.3 Å². The molecule has 3 nitrogen and oxygen atoms in total. The van der Waals surface area contributed by atoms with Crippen molar-refractivity contribution in [1.82, 2.24) is 10.2 Å². The fourth-order valence-corrected chi connectivity index (χ4v) is 3.08. The van der Waals surface area contributed by atoms with Crippen LogP contribution in [0.2, 0.25) is 0 Å². The highest BCUT2D eigenvalue weighted by atomic mass is 32.1. The first-order chi connectivity index (χ1) is 7.74. The smallest absolute Gasteiger partial charge is 0.317 e. The summed E-state index contributed by atoms with van der Waals surface area (Å²) in [6.07, 6.45) is 1.98. The van der Waals surface area contributed by atoms with Gasteiger partial charge < -0.3 is 10.2 Å². The second-order valence-corrected chi connectivity index (χ2v) is 5.15. The quantitative estimate of drug-likeness (QED) is 0.844. The van der Waals surface area contributed by atoms with Gasteiger partial charge in [0.2, 0.25) is 0 Å². The van der Waals surface area contributed by atoms with E-state index in [1.54, 1.807) is 11.3 Å². The van der Waals surface area contributed by atoms with Crippen molar-refractivity contribution < 1.29 is 4.79 Å². The number of hydrogen-bond acceptors (Lipinski definition) is 2. The first-order valence-corrected chi connectivity index (χ1v) is 6.72. The average Bonchev–Trinajstić information content (AvgIpc) is 2.75. The third-order valence-corrected chi connectivity index (χ3v) is 4.06. The van der Waals surface area contributed by atoms with Gasteiger partial charge in [0.05, 0.1) is 6.04 Å². The van der Waals surface area contributed by atoms with E-state index < -0.39 is 0 Å². The minimum absolute atomic E-state index is 0.0752. The molecule has 0 saturated carbocycles. The van der Waals surface area contributed by atoms with Crippen molar-refractivity contribution in [2.24, 2.45) is 0 Å². The van der Waals surface area contributed by atoms with Crippen LogP contribution in [0.4, 0.5) is 4.79 Å². The molecule has 0 aromatic carbocycles. The van der Waals surface area contributed by atoms with Crippen LogP contribution in [-0.2, 0) is 6.42 Å². The first-order valence-electron chi connectivity index (χ1n) is 5.84. The highest BCUT2D eigenvalue weighted by Gasteiger charge is 2.27. The molecule has 0 fully saturated rings. The largest absolute Gasteiger partial charge is 0.338 e. The molecule has 1 unspecified atom stereocenters. The summed E-state index contributed by atoms with van der Waals surface area (Å²) in [4.78, 5) is 15.3. The fourth-order valence-electron chi connectivity index (χ4n) is 2.12. The third kappa shape index (κ3) is 2.07. The second-order valence-electron chi connectivity index (χ2n) is 4.15. The minimum Gasteiger partial charge on any atom is -0.338 e. The third-order valence-electron chi connectivity index (χ3n) is 3.06. The summed E-state index contributed by atoms with van der Waals surface area (Å²) < 4.78 is 0. The van der Waals surface area contributed by atoms with E-state index in [-0.39, 0.29) is 12.1 Å². The molecule has 0 bridgehead atoms. The van der Waals surface area contributed by atoms with E-state index in [0.717, 1.165) is 25.9 Å². The van der Waals surface area contributed by atoms with Gasteiger partial charge in [-0.05, 0) is 36.8 Å². The van der Waals surface area contributed by atoms with E-state index in [4.69, 9.17) is 0 Å². The second kappa shape index (κ2) is 4.87. The number of carbonyl (C=O) groups excluding carboxylic acids is 1. The molecule has 4 heteroatoms. The SMILES string of the molecule is CCCNC(=O)N1CCc2sccc2C1C. The maximum absolute atomic E-state index is 11.9. The Morgan fingerprint density at radius 1 is 1.69 bits per heavy atom. The van der Waals surface area contributed by atoms with Crippen molar-refractivity contribution >= 4 is 17.4 Å². The fraction of sp³-hybridized carbons (Fsp3) is 0.583. The standard InChI is InChI=1S/C12H18N2OS/c1-3-6-13-12(15)14-7-4-11-10(9(14)2)5-8-16-11/h5,8-9H,3-4,6-7H2,1-2H3,(H,13,15). The van der Waals surface area contributed by atoms with Gasteiger partial charge in [-0.2, -0.15) is 0 Å². The number of carbonyl (C=O) groups is 1. The summed E-state index contributed by atoms with van der Waals surface area (Å²) in [7, 11) is 0. The molecule has 2 heterocycles. The number of thiophene rings is 1. The van der Waals surface area contributed by atoms with Crippen LogP contribution in [0.15, 0.2) is 11.4 Å². The number of fused-ring (bicyclic) bond motifs is 1. The van der Waals surface area contributed by atoms with E-state index >= 15 is 0 Å². The number of nitrogens with one attached hydrogen (secondary N) is 1. The molecule has 1 aromatic heterocycles. The van der Waals surface area contributed by atoms with Gasteiger partial charge in [-0.1, -0.05) is 6.92 Å². The van der Waals surface area contributed by atoms with Crippen molar-refractivity contribution in [2.45, 2.75) is 32.7 Å². The Morgan fingerprint density at radius 2 is 2.50 bits per heavy atom. The van der Waals surface area contributed by atoms with Crippen LogP contribution in [0.5, 0.6) is 0 Å². The van der Waals surface area contributed by atoms with Crippen LogP contribution in [0, 0.1) is 0 Å². The molecule has 1 aliphatic heterocycles. The predicted molar refractivity (Wildman–Crippen MR) is 66.8 cm³/mol. The van der Waals surface area contributed by atoms with Crippen LogP contribution >= 0.6 is 11.3 Å². The average molecular weight is 238 g/mol. The first kappa shape index (κ1) is 11.5. The Bertz CT molecular complexity index is 375. The van der Waals surface area contributed by atoms with Crippen LogP contribution < -0.4 is 5.32 Å². The maximum atomic E-state index is 11.9. The molecule has 0 radical (unpaired) electrons.